The van der Waals surface area contributed by atoms with Gasteiger partial charge in [-0.1, -0.05) is 24.3 Å². The maximum atomic E-state index is 12.6. The Bertz CT molecular complexity index is 1050. The van der Waals surface area contributed by atoms with Gasteiger partial charge in [0.05, 0.1) is 7.11 Å². The maximum absolute atomic E-state index is 12.6. The van der Waals surface area contributed by atoms with E-state index in [4.69, 9.17) is 0 Å². The second-order valence-electron chi connectivity index (χ2n) is 5.85. The van der Waals surface area contributed by atoms with Crippen molar-refractivity contribution in [3.05, 3.63) is 69.9 Å². The van der Waals surface area contributed by atoms with Crippen molar-refractivity contribution in [1.82, 2.24) is 14.3 Å². The van der Waals surface area contributed by atoms with Crippen LogP contribution in [0.2, 0.25) is 0 Å². The van der Waals surface area contributed by atoms with Crippen molar-refractivity contribution in [1.29, 1.82) is 0 Å². The Morgan fingerprint density at radius 2 is 2.07 bits per heavy atom. The molecule has 2 aromatic heterocycles. The molecule has 142 valence electrons. The summed E-state index contributed by atoms with van der Waals surface area (Å²) in [5.41, 5.74) is 1.86. The van der Waals surface area contributed by atoms with Crippen LogP contribution in [0.3, 0.4) is 0 Å². The average Bonchev–Trinajstić information content (AvgIpc) is 3.30. The number of nitrogens with one attached hydrogen (secondary N) is 1. The number of hydrogen-bond acceptors (Lipinski definition) is 6. The topological polar surface area (TPSA) is 90.3 Å². The lowest BCUT2D eigenvalue weighted by atomic mass is 10.1. The zero-order valence-electron chi connectivity index (χ0n) is 14.9. The highest BCUT2D eigenvalue weighted by atomic mass is 32.2. The Kier molecular flexibility index (Phi) is 5.73. The first-order chi connectivity index (χ1) is 12.9. The van der Waals surface area contributed by atoms with Gasteiger partial charge in [0.2, 0.25) is 10.0 Å². The van der Waals surface area contributed by atoms with Crippen LogP contribution in [0, 0.1) is 6.92 Å². The van der Waals surface area contributed by atoms with E-state index >= 15 is 0 Å². The lowest BCUT2D eigenvalue weighted by Crippen LogP contribution is -2.24. The van der Waals surface area contributed by atoms with Crippen molar-refractivity contribution in [2.45, 2.75) is 24.9 Å². The van der Waals surface area contributed by atoms with Crippen molar-refractivity contribution in [3.63, 3.8) is 0 Å². The van der Waals surface area contributed by atoms with E-state index in [0.29, 0.717) is 6.54 Å². The van der Waals surface area contributed by atoms with E-state index in [0.717, 1.165) is 28.3 Å². The summed E-state index contributed by atoms with van der Waals surface area (Å²) in [5, 5.41) is 1.55. The fraction of sp³-hybridized carbons (Fsp3) is 0.222. The van der Waals surface area contributed by atoms with Crippen LogP contribution in [0.4, 0.5) is 0 Å². The highest BCUT2D eigenvalue weighted by molar-refractivity contribution is 7.89. The van der Waals surface area contributed by atoms with E-state index in [2.05, 4.69) is 14.4 Å². The normalized spacial score (nSPS) is 11.5. The van der Waals surface area contributed by atoms with E-state index < -0.39 is 16.0 Å². The molecule has 0 saturated heterocycles. The predicted molar refractivity (Wildman–Crippen MR) is 102 cm³/mol. The van der Waals surface area contributed by atoms with Crippen LogP contribution in [0.25, 0.3) is 0 Å². The molecule has 0 spiro atoms. The van der Waals surface area contributed by atoms with Gasteiger partial charge in [-0.05, 0) is 29.5 Å². The summed E-state index contributed by atoms with van der Waals surface area (Å²) in [6.07, 6.45) is 3.64. The van der Waals surface area contributed by atoms with Crippen molar-refractivity contribution < 1.29 is 17.9 Å². The molecule has 0 fully saturated rings. The van der Waals surface area contributed by atoms with Crippen LogP contribution in [-0.2, 0) is 27.8 Å². The van der Waals surface area contributed by atoms with E-state index in [1.54, 1.807) is 11.6 Å². The second kappa shape index (κ2) is 8.03. The summed E-state index contributed by atoms with van der Waals surface area (Å²) in [5.74, 6) is 0.247. The molecule has 27 heavy (non-hydrogen) atoms. The number of carbonyl (C=O) groups is 1. The molecule has 0 atom stereocenters. The first-order valence-electron chi connectivity index (χ1n) is 8.12. The Hall–Kier alpha value is -2.49. The molecule has 3 aromatic rings. The number of thiophene rings is 1. The maximum Gasteiger partial charge on any atom is 0.349 e. The number of aryl methyl sites for hydroxylation is 1. The monoisotopic (exact) mass is 405 g/mol. The molecule has 2 heterocycles. The molecule has 0 aliphatic heterocycles. The summed E-state index contributed by atoms with van der Waals surface area (Å²) in [6.45, 7) is 2.71. The Balaban J connectivity index is 1.73. The fourth-order valence-corrected chi connectivity index (χ4v) is 4.96. The van der Waals surface area contributed by atoms with Crippen LogP contribution in [-0.4, -0.2) is 31.0 Å². The Morgan fingerprint density at radius 3 is 2.78 bits per heavy atom. The molecule has 9 heteroatoms. The Labute approximate surface area is 161 Å². The number of ether oxygens (including phenoxy) is 1. The fourth-order valence-electron chi connectivity index (χ4n) is 2.61. The van der Waals surface area contributed by atoms with Gasteiger partial charge in [-0.15, -0.1) is 11.3 Å². The quantitative estimate of drug-likeness (QED) is 0.610. The predicted octanol–water partition coefficient (Wildman–Crippen LogP) is 2.57. The number of sulfonamides is 1. The van der Waals surface area contributed by atoms with Gasteiger partial charge in [-0.2, -0.15) is 0 Å². The number of rotatable bonds is 7. The third-order valence-electron chi connectivity index (χ3n) is 4.02. The van der Waals surface area contributed by atoms with Gasteiger partial charge < -0.3 is 9.30 Å². The molecular weight excluding hydrogens is 386 g/mol. The number of hydrogen-bond donors (Lipinski definition) is 1. The molecular formula is C18H19N3O4S2. The van der Waals surface area contributed by atoms with E-state index in [1.165, 1.54) is 13.2 Å². The van der Waals surface area contributed by atoms with Gasteiger partial charge in [0.25, 0.3) is 0 Å². The lowest BCUT2D eigenvalue weighted by Gasteiger charge is -2.10. The molecule has 0 saturated carbocycles. The lowest BCUT2D eigenvalue weighted by molar-refractivity contribution is 0.0602. The zero-order chi connectivity index (χ0) is 19.4. The second-order valence-corrected chi connectivity index (χ2v) is 8.50. The number of carbonyl (C=O) groups excluding carboxylic acids is 1. The number of benzene rings is 1. The molecule has 7 nitrogen and oxygen atoms in total. The number of aromatic nitrogens is 2. The van der Waals surface area contributed by atoms with Gasteiger partial charge in [-0.25, -0.2) is 22.9 Å². The minimum absolute atomic E-state index is 0.0642. The van der Waals surface area contributed by atoms with Crippen molar-refractivity contribution in [2.75, 3.05) is 7.11 Å². The molecule has 0 unspecified atom stereocenters. The third kappa shape index (κ3) is 4.44. The zero-order valence-corrected chi connectivity index (χ0v) is 16.5. The smallest absolute Gasteiger partial charge is 0.349 e. The summed E-state index contributed by atoms with van der Waals surface area (Å²) in [6, 6.07) is 9.05. The number of imidazole rings is 1. The van der Waals surface area contributed by atoms with Crippen LogP contribution in [0.15, 0.2) is 53.0 Å². The molecule has 0 aliphatic carbocycles. The summed E-state index contributed by atoms with van der Waals surface area (Å²) >= 11 is 1.03. The highest BCUT2D eigenvalue weighted by Crippen LogP contribution is 2.23. The Morgan fingerprint density at radius 1 is 1.30 bits per heavy atom. The van der Waals surface area contributed by atoms with Crippen molar-refractivity contribution in [2.24, 2.45) is 0 Å². The summed E-state index contributed by atoms with van der Waals surface area (Å²) in [4.78, 5) is 15.9. The van der Waals surface area contributed by atoms with Gasteiger partial charge in [0.15, 0.2) is 0 Å². The van der Waals surface area contributed by atoms with E-state index in [-0.39, 0.29) is 16.3 Å². The van der Waals surface area contributed by atoms with E-state index in [9.17, 15) is 13.2 Å². The largest absolute Gasteiger partial charge is 0.465 e. The van der Waals surface area contributed by atoms with Gasteiger partial charge in [-0.3, -0.25) is 0 Å². The molecule has 0 aliphatic rings. The van der Waals surface area contributed by atoms with Crippen LogP contribution >= 0.6 is 11.3 Å². The highest BCUT2D eigenvalue weighted by Gasteiger charge is 2.24. The molecule has 1 aromatic carbocycles. The first kappa shape index (κ1) is 19.3. The summed E-state index contributed by atoms with van der Waals surface area (Å²) in [7, 11) is -2.60. The standard InChI is InChI=1S/C18H19N3O4S2/c1-13-19-7-8-21(13)12-15-5-3-4-14(10-15)11-20-27(23,24)16-6-9-26-17(16)18(22)25-2/h3-10,20H,11-12H2,1-2H3. The third-order valence-corrected chi connectivity index (χ3v) is 6.49. The number of methoxy groups -OCH3 is 1. The van der Waals surface area contributed by atoms with Crippen LogP contribution in [0.5, 0.6) is 0 Å². The molecule has 3 rings (SSSR count). The summed E-state index contributed by atoms with van der Waals surface area (Å²) < 4.78 is 34.3. The van der Waals surface area contributed by atoms with Crippen LogP contribution < -0.4 is 4.72 Å². The minimum Gasteiger partial charge on any atom is -0.465 e. The SMILES string of the molecule is COC(=O)c1sccc1S(=O)(=O)NCc1cccc(Cn2ccnc2C)c1. The first-order valence-corrected chi connectivity index (χ1v) is 10.5. The van der Waals surface area contributed by atoms with Crippen LogP contribution in [0.1, 0.15) is 26.6 Å². The molecule has 0 radical (unpaired) electrons. The van der Waals surface area contributed by atoms with Gasteiger partial charge >= 0.3 is 5.97 Å². The number of esters is 1. The minimum atomic E-state index is -3.83. The van der Waals surface area contributed by atoms with Crippen molar-refractivity contribution >= 4 is 27.3 Å². The molecule has 1 N–H and O–H groups in total. The van der Waals surface area contributed by atoms with Crippen molar-refractivity contribution in [3.8, 4) is 0 Å². The van der Waals surface area contributed by atoms with Gasteiger partial charge in [0, 0.05) is 25.5 Å². The average molecular weight is 406 g/mol. The number of nitrogens with zero attached hydrogens (tertiary/aromatic N) is 2. The van der Waals surface area contributed by atoms with Gasteiger partial charge in [0.1, 0.15) is 15.6 Å². The van der Waals surface area contributed by atoms with E-state index in [1.807, 2.05) is 42.0 Å². The molecule has 0 bridgehead atoms. The molecule has 0 amide bonds.